The first-order chi connectivity index (χ1) is 7.29. The summed E-state index contributed by atoms with van der Waals surface area (Å²) in [5.74, 6) is 0.269. The van der Waals surface area contributed by atoms with Gasteiger partial charge in [-0.2, -0.15) is 0 Å². The van der Waals surface area contributed by atoms with Gasteiger partial charge in [-0.05, 0) is 28.1 Å². The highest BCUT2D eigenvalue weighted by molar-refractivity contribution is 9.09. The second-order valence-electron chi connectivity index (χ2n) is 2.73. The molecule has 1 aromatic carbocycles. The number of carbonyl (C=O) groups is 1. The van der Waals surface area contributed by atoms with E-state index in [1.165, 1.54) is 0 Å². The van der Waals surface area contributed by atoms with E-state index in [2.05, 4.69) is 21.2 Å². The lowest BCUT2D eigenvalue weighted by atomic mass is 10.2. The number of aliphatic hydroxyl groups is 1. The lowest BCUT2D eigenvalue weighted by Gasteiger charge is -2.08. The van der Waals surface area contributed by atoms with Crippen LogP contribution in [0.2, 0.25) is 0 Å². The number of alkyl halides is 1. The van der Waals surface area contributed by atoms with Crippen molar-refractivity contribution in [3.8, 4) is 5.75 Å². The normalized spacial score (nSPS) is 9.73. The first kappa shape index (κ1) is 12.0. The van der Waals surface area contributed by atoms with Crippen molar-refractivity contribution in [1.29, 1.82) is 0 Å². The number of nitrogens with one attached hydrogen (secondary N) is 1. The van der Waals surface area contributed by atoms with E-state index in [0.717, 1.165) is 0 Å². The number of ether oxygens (including phenoxy) is 1. The Labute approximate surface area is 96.4 Å². The zero-order valence-electron chi connectivity index (χ0n) is 8.07. The molecule has 0 aliphatic heterocycles. The monoisotopic (exact) mass is 273 g/mol. The van der Waals surface area contributed by atoms with E-state index in [9.17, 15) is 4.79 Å². The molecule has 0 saturated heterocycles. The third-order valence-corrected chi connectivity index (χ3v) is 1.97. The number of para-hydroxylation sites is 1. The molecule has 0 saturated carbocycles. The fraction of sp³-hybridized carbons (Fsp3) is 0.300. The molecule has 4 nitrogen and oxygen atoms in total. The quantitative estimate of drug-likeness (QED) is 0.792. The van der Waals surface area contributed by atoms with E-state index >= 15 is 0 Å². The summed E-state index contributed by atoms with van der Waals surface area (Å²) in [6, 6.07) is 6.94. The van der Waals surface area contributed by atoms with Crippen LogP contribution in [0.1, 0.15) is 10.4 Å². The SMILES string of the molecule is O=C(NCCO)c1ccccc1OCBr. The van der Waals surface area contributed by atoms with Crippen molar-refractivity contribution in [2.24, 2.45) is 0 Å². The lowest BCUT2D eigenvalue weighted by Crippen LogP contribution is -2.26. The highest BCUT2D eigenvalue weighted by atomic mass is 79.9. The van der Waals surface area contributed by atoms with Gasteiger partial charge in [0.2, 0.25) is 0 Å². The molecule has 0 fully saturated rings. The van der Waals surface area contributed by atoms with Gasteiger partial charge >= 0.3 is 0 Å². The molecule has 5 heteroatoms. The summed E-state index contributed by atoms with van der Waals surface area (Å²) < 4.78 is 5.23. The molecule has 0 aliphatic rings. The zero-order chi connectivity index (χ0) is 11.1. The molecule has 0 radical (unpaired) electrons. The molecule has 15 heavy (non-hydrogen) atoms. The molecule has 82 valence electrons. The summed E-state index contributed by atoms with van der Waals surface area (Å²) in [4.78, 5) is 11.6. The van der Waals surface area contributed by atoms with Crippen molar-refractivity contribution in [2.75, 3.05) is 18.7 Å². The molecule has 0 heterocycles. The fourth-order valence-electron chi connectivity index (χ4n) is 1.10. The standard InChI is InChI=1S/C10H12BrNO3/c11-7-15-9-4-2-1-3-8(9)10(14)12-5-6-13/h1-4,13H,5-7H2,(H,12,14). The van der Waals surface area contributed by atoms with E-state index in [-0.39, 0.29) is 19.1 Å². The van der Waals surface area contributed by atoms with Crippen molar-refractivity contribution >= 4 is 21.8 Å². The van der Waals surface area contributed by atoms with Crippen molar-refractivity contribution < 1.29 is 14.6 Å². The molecule has 1 rings (SSSR count). The molecule has 0 bridgehead atoms. The van der Waals surface area contributed by atoms with Crippen molar-refractivity contribution in [3.63, 3.8) is 0 Å². The van der Waals surface area contributed by atoms with Crippen LogP contribution in [0.5, 0.6) is 5.75 Å². The van der Waals surface area contributed by atoms with Crippen molar-refractivity contribution in [3.05, 3.63) is 29.8 Å². The van der Waals surface area contributed by atoms with Crippen LogP contribution in [0, 0.1) is 0 Å². The maximum Gasteiger partial charge on any atom is 0.255 e. The van der Waals surface area contributed by atoms with Gasteiger partial charge in [-0.25, -0.2) is 0 Å². The Kier molecular flexibility index (Phi) is 5.14. The molecular weight excluding hydrogens is 262 g/mol. The largest absolute Gasteiger partial charge is 0.482 e. The predicted octanol–water partition coefficient (Wildman–Crippen LogP) is 1.14. The van der Waals surface area contributed by atoms with Gasteiger partial charge in [-0.15, -0.1) is 0 Å². The fourth-order valence-corrected chi connectivity index (χ4v) is 1.35. The minimum Gasteiger partial charge on any atom is -0.482 e. The summed E-state index contributed by atoms with van der Waals surface area (Å²) in [7, 11) is 0. The van der Waals surface area contributed by atoms with Gasteiger partial charge in [0.1, 0.15) is 11.3 Å². The van der Waals surface area contributed by atoms with Crippen LogP contribution in [-0.4, -0.2) is 29.7 Å². The summed E-state index contributed by atoms with van der Waals surface area (Å²) in [5.41, 5.74) is 0.794. The van der Waals surface area contributed by atoms with Crippen molar-refractivity contribution in [2.45, 2.75) is 0 Å². The maximum atomic E-state index is 11.6. The third-order valence-electron chi connectivity index (χ3n) is 1.74. The van der Waals surface area contributed by atoms with E-state index < -0.39 is 0 Å². The third kappa shape index (κ3) is 3.53. The number of benzene rings is 1. The molecule has 0 aromatic heterocycles. The van der Waals surface area contributed by atoms with Crippen LogP contribution in [0.15, 0.2) is 24.3 Å². The molecule has 2 N–H and O–H groups in total. The van der Waals surface area contributed by atoms with Gasteiger partial charge in [-0.1, -0.05) is 12.1 Å². The molecule has 0 spiro atoms. The lowest BCUT2D eigenvalue weighted by molar-refractivity contribution is 0.0941. The van der Waals surface area contributed by atoms with Crippen LogP contribution in [0.25, 0.3) is 0 Å². The number of carbonyl (C=O) groups excluding carboxylic acids is 1. The van der Waals surface area contributed by atoms with Crippen LogP contribution in [0.4, 0.5) is 0 Å². The highest BCUT2D eigenvalue weighted by Gasteiger charge is 2.10. The van der Waals surface area contributed by atoms with Gasteiger partial charge in [-0.3, -0.25) is 4.79 Å². The van der Waals surface area contributed by atoms with Crippen LogP contribution in [-0.2, 0) is 0 Å². The summed E-state index contributed by atoms with van der Waals surface area (Å²) in [6.45, 7) is 0.161. The first-order valence-electron chi connectivity index (χ1n) is 4.46. The Hall–Kier alpha value is -1.07. The Morgan fingerprint density at radius 2 is 2.20 bits per heavy atom. The Morgan fingerprint density at radius 1 is 1.47 bits per heavy atom. The molecule has 1 aromatic rings. The molecule has 0 unspecified atom stereocenters. The minimum atomic E-state index is -0.249. The number of halogens is 1. The summed E-state index contributed by atoms with van der Waals surface area (Å²) in [5, 5.41) is 11.1. The van der Waals surface area contributed by atoms with Gasteiger partial charge < -0.3 is 15.2 Å². The second kappa shape index (κ2) is 6.42. The van der Waals surface area contributed by atoms with E-state index in [4.69, 9.17) is 9.84 Å². The summed E-state index contributed by atoms with van der Waals surface area (Å²) in [6.07, 6.45) is 0. The first-order valence-corrected chi connectivity index (χ1v) is 5.58. The highest BCUT2D eigenvalue weighted by Crippen LogP contribution is 2.18. The van der Waals surface area contributed by atoms with E-state index in [1.54, 1.807) is 24.3 Å². The number of aliphatic hydroxyl groups excluding tert-OH is 1. The number of rotatable bonds is 5. The molecule has 0 atom stereocenters. The Morgan fingerprint density at radius 3 is 2.87 bits per heavy atom. The number of hydrogen-bond donors (Lipinski definition) is 2. The predicted molar refractivity (Wildman–Crippen MR) is 60.3 cm³/mol. The molecule has 1 amide bonds. The van der Waals surface area contributed by atoms with Gasteiger partial charge in [0.15, 0.2) is 0 Å². The number of hydrogen-bond acceptors (Lipinski definition) is 3. The maximum absolute atomic E-state index is 11.6. The van der Waals surface area contributed by atoms with Gasteiger partial charge in [0.05, 0.1) is 12.2 Å². The Bertz CT molecular complexity index is 330. The summed E-state index contributed by atoms with van der Waals surface area (Å²) >= 11 is 3.13. The van der Waals surface area contributed by atoms with E-state index in [0.29, 0.717) is 16.8 Å². The average Bonchev–Trinajstić information content (AvgIpc) is 2.27. The molecular formula is C10H12BrNO3. The van der Waals surface area contributed by atoms with Gasteiger partial charge in [0.25, 0.3) is 5.91 Å². The Balaban J connectivity index is 2.77. The number of amides is 1. The zero-order valence-corrected chi connectivity index (χ0v) is 9.66. The van der Waals surface area contributed by atoms with Crippen LogP contribution >= 0.6 is 15.9 Å². The van der Waals surface area contributed by atoms with Crippen LogP contribution in [0.3, 0.4) is 0 Å². The van der Waals surface area contributed by atoms with Crippen molar-refractivity contribution in [1.82, 2.24) is 5.32 Å². The molecule has 0 aliphatic carbocycles. The van der Waals surface area contributed by atoms with E-state index in [1.807, 2.05) is 0 Å². The topological polar surface area (TPSA) is 58.6 Å². The van der Waals surface area contributed by atoms with Crippen LogP contribution < -0.4 is 10.1 Å². The second-order valence-corrected chi connectivity index (χ2v) is 3.19. The average molecular weight is 274 g/mol. The smallest absolute Gasteiger partial charge is 0.255 e. The minimum absolute atomic E-state index is 0.0762. The van der Waals surface area contributed by atoms with Gasteiger partial charge in [0, 0.05) is 6.54 Å².